The van der Waals surface area contributed by atoms with Crippen molar-refractivity contribution < 1.29 is 28.1 Å². The third-order valence-corrected chi connectivity index (χ3v) is 4.66. The van der Waals surface area contributed by atoms with Crippen LogP contribution in [0.1, 0.15) is 23.1 Å². The van der Waals surface area contributed by atoms with Crippen molar-refractivity contribution in [2.45, 2.75) is 37.6 Å². The van der Waals surface area contributed by atoms with Crippen LogP contribution in [0.4, 0.5) is 13.2 Å². The van der Waals surface area contributed by atoms with Crippen LogP contribution in [-0.2, 0) is 19.0 Å². The Morgan fingerprint density at radius 3 is 2.74 bits per heavy atom. The van der Waals surface area contributed by atoms with Gasteiger partial charge in [0.1, 0.15) is 24.2 Å². The van der Waals surface area contributed by atoms with Gasteiger partial charge in [0.25, 0.3) is 0 Å². The second-order valence-corrected chi connectivity index (χ2v) is 6.79. The van der Waals surface area contributed by atoms with Crippen LogP contribution in [0.2, 0.25) is 0 Å². The number of phenolic OH excluding ortho intramolecular Hbond substituents is 1. The summed E-state index contributed by atoms with van der Waals surface area (Å²) in [4.78, 5) is 0. The third kappa shape index (κ3) is 5.37. The zero-order valence-electron chi connectivity index (χ0n) is 14.7. The molecule has 4 nitrogen and oxygen atoms in total. The second kappa shape index (κ2) is 8.19. The van der Waals surface area contributed by atoms with E-state index in [2.05, 4.69) is 5.32 Å². The Balaban J connectivity index is 1.46. The van der Waals surface area contributed by atoms with Gasteiger partial charge < -0.3 is 20.3 Å². The largest absolute Gasteiger partial charge is 0.508 e. The van der Waals surface area contributed by atoms with Crippen LogP contribution in [0.3, 0.4) is 0 Å². The van der Waals surface area contributed by atoms with Crippen LogP contribution in [0.5, 0.6) is 11.5 Å². The van der Waals surface area contributed by atoms with Crippen LogP contribution in [0, 0.1) is 0 Å². The molecule has 7 heteroatoms. The number of halogens is 3. The lowest BCUT2D eigenvalue weighted by atomic mass is 9.88. The Kier molecular flexibility index (Phi) is 5.92. The molecule has 1 aliphatic rings. The summed E-state index contributed by atoms with van der Waals surface area (Å²) in [6.07, 6.45) is -2.70. The minimum absolute atomic E-state index is 0.0749. The summed E-state index contributed by atoms with van der Waals surface area (Å²) in [7, 11) is 0. The standard InChI is InChI=1S/C20H22F3NO3/c21-20(22,23)15-2-1-3-19(10-15)27-12-18(26)11-24-16-6-4-13-5-7-17(25)9-14(13)8-16/h1-3,5,7,9-10,16,18,24-26H,4,6,8,11-12H2. The summed E-state index contributed by atoms with van der Waals surface area (Å²) in [5.74, 6) is 0.315. The number of rotatable bonds is 6. The smallest absolute Gasteiger partial charge is 0.416 e. The maximum Gasteiger partial charge on any atom is 0.416 e. The summed E-state index contributed by atoms with van der Waals surface area (Å²) in [6.45, 7) is 0.177. The Morgan fingerprint density at radius 1 is 1.15 bits per heavy atom. The van der Waals surface area contributed by atoms with Gasteiger partial charge in [-0.25, -0.2) is 0 Å². The molecule has 2 aromatic carbocycles. The molecule has 0 fully saturated rings. The van der Waals surface area contributed by atoms with Gasteiger partial charge in [-0.2, -0.15) is 13.2 Å². The molecule has 3 rings (SSSR count). The molecule has 0 radical (unpaired) electrons. The molecule has 0 bridgehead atoms. The highest BCUT2D eigenvalue weighted by Gasteiger charge is 2.30. The summed E-state index contributed by atoms with van der Waals surface area (Å²) >= 11 is 0. The number of nitrogens with one attached hydrogen (secondary N) is 1. The molecule has 146 valence electrons. The Bertz CT molecular complexity index is 779. The minimum Gasteiger partial charge on any atom is -0.508 e. The fraction of sp³-hybridized carbons (Fsp3) is 0.400. The first-order chi connectivity index (χ1) is 12.8. The van der Waals surface area contributed by atoms with Crippen molar-refractivity contribution in [2.75, 3.05) is 13.2 Å². The maximum atomic E-state index is 12.7. The molecule has 0 saturated heterocycles. The van der Waals surface area contributed by atoms with Crippen LogP contribution in [0.25, 0.3) is 0 Å². The van der Waals surface area contributed by atoms with E-state index in [0.29, 0.717) is 0 Å². The number of benzene rings is 2. The average Bonchev–Trinajstić information content (AvgIpc) is 2.64. The van der Waals surface area contributed by atoms with Gasteiger partial charge in [-0.1, -0.05) is 12.1 Å². The molecule has 0 saturated carbocycles. The summed E-state index contributed by atoms with van der Waals surface area (Å²) in [5, 5.41) is 22.9. The fourth-order valence-electron chi connectivity index (χ4n) is 3.23. The number of aromatic hydroxyl groups is 1. The van der Waals surface area contributed by atoms with E-state index < -0.39 is 17.8 Å². The van der Waals surface area contributed by atoms with Gasteiger partial charge in [0.2, 0.25) is 0 Å². The topological polar surface area (TPSA) is 61.7 Å². The van der Waals surface area contributed by atoms with Crippen LogP contribution >= 0.6 is 0 Å². The van der Waals surface area contributed by atoms with Crippen molar-refractivity contribution in [2.24, 2.45) is 0 Å². The number of fused-ring (bicyclic) bond motifs is 1. The number of aliphatic hydroxyl groups excluding tert-OH is 1. The summed E-state index contributed by atoms with van der Waals surface area (Å²) in [5.41, 5.74) is 1.53. The number of aryl methyl sites for hydroxylation is 1. The number of aliphatic hydroxyl groups is 1. The molecule has 0 spiro atoms. The van der Waals surface area contributed by atoms with Gasteiger partial charge in [-0.15, -0.1) is 0 Å². The zero-order valence-corrected chi connectivity index (χ0v) is 14.7. The van der Waals surface area contributed by atoms with Crippen molar-refractivity contribution in [3.8, 4) is 11.5 Å². The zero-order chi connectivity index (χ0) is 19.4. The van der Waals surface area contributed by atoms with E-state index in [1.54, 1.807) is 12.1 Å². The number of ether oxygens (including phenoxy) is 1. The highest BCUT2D eigenvalue weighted by Crippen LogP contribution is 2.31. The molecule has 0 amide bonds. The van der Waals surface area contributed by atoms with Crippen molar-refractivity contribution >= 4 is 0 Å². The molecular formula is C20H22F3NO3. The number of phenols is 1. The van der Waals surface area contributed by atoms with E-state index in [4.69, 9.17) is 4.74 Å². The van der Waals surface area contributed by atoms with Crippen molar-refractivity contribution in [1.29, 1.82) is 0 Å². The average molecular weight is 381 g/mol. The molecule has 2 aromatic rings. The molecule has 2 atom stereocenters. The lowest BCUT2D eigenvalue weighted by molar-refractivity contribution is -0.137. The first kappa shape index (κ1) is 19.5. The van der Waals surface area contributed by atoms with E-state index in [0.717, 1.165) is 37.0 Å². The Hall–Kier alpha value is -2.25. The Labute approximate surface area is 155 Å². The lowest BCUT2D eigenvalue weighted by Gasteiger charge is -2.26. The third-order valence-electron chi connectivity index (χ3n) is 4.66. The van der Waals surface area contributed by atoms with E-state index in [1.165, 1.54) is 17.7 Å². The van der Waals surface area contributed by atoms with Crippen molar-refractivity contribution in [3.63, 3.8) is 0 Å². The minimum atomic E-state index is -4.43. The number of alkyl halides is 3. The first-order valence-electron chi connectivity index (χ1n) is 8.83. The van der Waals surface area contributed by atoms with Gasteiger partial charge in [-0.05, 0) is 60.7 Å². The molecule has 0 aromatic heterocycles. The highest BCUT2D eigenvalue weighted by molar-refractivity contribution is 5.37. The van der Waals surface area contributed by atoms with Crippen molar-refractivity contribution in [3.05, 3.63) is 59.2 Å². The number of hydrogen-bond donors (Lipinski definition) is 3. The molecule has 27 heavy (non-hydrogen) atoms. The van der Waals surface area contributed by atoms with Gasteiger partial charge >= 0.3 is 6.18 Å². The monoisotopic (exact) mass is 381 g/mol. The van der Waals surface area contributed by atoms with Crippen molar-refractivity contribution in [1.82, 2.24) is 5.32 Å². The normalized spacial score (nSPS) is 18.0. The predicted molar refractivity (Wildman–Crippen MR) is 94.9 cm³/mol. The number of hydrogen-bond acceptors (Lipinski definition) is 4. The lowest BCUT2D eigenvalue weighted by Crippen LogP contribution is -2.40. The maximum absolute atomic E-state index is 12.7. The SMILES string of the molecule is Oc1ccc2c(c1)CC(NCC(O)COc1cccc(C(F)(F)F)c1)CC2. The molecule has 0 aliphatic heterocycles. The van der Waals surface area contributed by atoms with Crippen LogP contribution in [-0.4, -0.2) is 35.5 Å². The summed E-state index contributed by atoms with van der Waals surface area (Å²) in [6, 6.07) is 10.1. The van der Waals surface area contributed by atoms with E-state index in [9.17, 15) is 23.4 Å². The second-order valence-electron chi connectivity index (χ2n) is 6.79. The molecule has 3 N–H and O–H groups in total. The van der Waals surface area contributed by atoms with Gasteiger partial charge in [0.15, 0.2) is 0 Å². The molecular weight excluding hydrogens is 359 g/mol. The van der Waals surface area contributed by atoms with Gasteiger partial charge in [-0.3, -0.25) is 0 Å². The van der Waals surface area contributed by atoms with E-state index >= 15 is 0 Å². The fourth-order valence-corrected chi connectivity index (χ4v) is 3.23. The van der Waals surface area contributed by atoms with Gasteiger partial charge in [0, 0.05) is 12.6 Å². The summed E-state index contributed by atoms with van der Waals surface area (Å²) < 4.78 is 43.4. The highest BCUT2D eigenvalue weighted by atomic mass is 19.4. The van der Waals surface area contributed by atoms with Crippen LogP contribution in [0.15, 0.2) is 42.5 Å². The van der Waals surface area contributed by atoms with Gasteiger partial charge in [0.05, 0.1) is 5.56 Å². The van der Waals surface area contributed by atoms with E-state index in [1.807, 2.05) is 6.07 Å². The van der Waals surface area contributed by atoms with Crippen LogP contribution < -0.4 is 10.1 Å². The predicted octanol–water partition coefficient (Wildman–Crippen LogP) is 3.30. The molecule has 0 heterocycles. The molecule has 2 unspecified atom stereocenters. The molecule has 1 aliphatic carbocycles. The Morgan fingerprint density at radius 2 is 1.96 bits per heavy atom. The quantitative estimate of drug-likeness (QED) is 0.719. The first-order valence-corrected chi connectivity index (χ1v) is 8.83. The van der Waals surface area contributed by atoms with E-state index in [-0.39, 0.29) is 30.7 Å².